The first-order valence-corrected chi connectivity index (χ1v) is 6.83. The molecule has 0 fully saturated rings. The number of rotatable bonds is 6. The third-order valence-electron chi connectivity index (χ3n) is 3.28. The number of carbonyl (C=O) groups excluding carboxylic acids is 1. The van der Waals surface area contributed by atoms with Crippen LogP contribution >= 0.6 is 0 Å². The van der Waals surface area contributed by atoms with Gasteiger partial charge in [0.2, 0.25) is 0 Å². The fraction of sp³-hybridized carbons (Fsp3) is 0.286. The summed E-state index contributed by atoms with van der Waals surface area (Å²) >= 11 is 0. The largest absolute Gasteiger partial charge is 0.386 e. The van der Waals surface area contributed by atoms with E-state index in [4.69, 9.17) is 0 Å². The number of hydrogen-bond acceptors (Lipinski definition) is 6. The third-order valence-corrected chi connectivity index (χ3v) is 3.28. The van der Waals surface area contributed by atoms with Crippen molar-refractivity contribution in [1.82, 2.24) is 15.1 Å². The van der Waals surface area contributed by atoms with E-state index < -0.39 is 16.9 Å². The van der Waals surface area contributed by atoms with Gasteiger partial charge in [0.05, 0.1) is 17.2 Å². The molecule has 1 aromatic heterocycles. The maximum absolute atomic E-state index is 11.5. The fourth-order valence-corrected chi connectivity index (χ4v) is 2.05. The van der Waals surface area contributed by atoms with Gasteiger partial charge in [-0.3, -0.25) is 19.6 Å². The highest BCUT2D eigenvalue weighted by Crippen LogP contribution is 2.26. The Morgan fingerprint density at radius 3 is 2.83 bits per heavy atom. The van der Waals surface area contributed by atoms with Crippen molar-refractivity contribution < 1.29 is 14.8 Å². The van der Waals surface area contributed by atoms with Gasteiger partial charge in [-0.1, -0.05) is 0 Å². The van der Waals surface area contributed by atoms with E-state index in [1.807, 2.05) is 0 Å². The van der Waals surface area contributed by atoms with E-state index in [1.54, 1.807) is 17.9 Å². The molecule has 0 saturated heterocycles. The summed E-state index contributed by atoms with van der Waals surface area (Å²) in [6.45, 7) is 0.0753. The topological polar surface area (TPSA) is 122 Å². The molecule has 0 bridgehead atoms. The van der Waals surface area contributed by atoms with E-state index in [0.29, 0.717) is 5.56 Å². The van der Waals surface area contributed by atoms with Crippen LogP contribution in [-0.2, 0) is 7.05 Å². The van der Waals surface area contributed by atoms with Crippen LogP contribution in [0, 0.1) is 10.1 Å². The second-order valence-electron chi connectivity index (χ2n) is 4.91. The zero-order valence-corrected chi connectivity index (χ0v) is 12.7. The van der Waals surface area contributed by atoms with Crippen molar-refractivity contribution in [2.24, 2.45) is 7.05 Å². The number of aromatic nitrogens is 2. The molecule has 0 aliphatic heterocycles. The lowest BCUT2D eigenvalue weighted by molar-refractivity contribution is -0.384. The van der Waals surface area contributed by atoms with Crippen molar-refractivity contribution in [3.63, 3.8) is 0 Å². The number of aryl methyl sites for hydroxylation is 1. The van der Waals surface area contributed by atoms with Gasteiger partial charge in [-0.05, 0) is 12.1 Å². The first-order chi connectivity index (χ1) is 10.9. The van der Waals surface area contributed by atoms with Crippen LogP contribution in [0.25, 0.3) is 0 Å². The Bertz CT molecular complexity index is 728. The number of carbonyl (C=O) groups is 1. The van der Waals surface area contributed by atoms with Crippen LogP contribution < -0.4 is 10.6 Å². The molecule has 1 heterocycles. The predicted molar refractivity (Wildman–Crippen MR) is 83.1 cm³/mol. The number of amides is 1. The monoisotopic (exact) mass is 319 g/mol. The Kier molecular flexibility index (Phi) is 4.91. The van der Waals surface area contributed by atoms with E-state index >= 15 is 0 Å². The van der Waals surface area contributed by atoms with Gasteiger partial charge in [0.1, 0.15) is 5.69 Å². The zero-order valence-electron chi connectivity index (χ0n) is 12.7. The van der Waals surface area contributed by atoms with Crippen molar-refractivity contribution in [3.8, 4) is 0 Å². The van der Waals surface area contributed by atoms with E-state index in [2.05, 4.69) is 15.7 Å². The van der Waals surface area contributed by atoms with Gasteiger partial charge in [0.25, 0.3) is 11.6 Å². The van der Waals surface area contributed by atoms with Gasteiger partial charge in [-0.15, -0.1) is 0 Å². The summed E-state index contributed by atoms with van der Waals surface area (Å²) in [6.07, 6.45) is 2.33. The van der Waals surface area contributed by atoms with Crippen LogP contribution in [0.3, 0.4) is 0 Å². The van der Waals surface area contributed by atoms with Crippen LogP contribution in [0.2, 0.25) is 0 Å². The first-order valence-electron chi connectivity index (χ1n) is 6.83. The number of benzene rings is 1. The Morgan fingerprint density at radius 1 is 1.52 bits per heavy atom. The molecule has 1 amide bonds. The number of nitrogens with one attached hydrogen (secondary N) is 2. The normalized spacial score (nSPS) is 11.8. The first kappa shape index (κ1) is 16.4. The van der Waals surface area contributed by atoms with Crippen LogP contribution in [0.1, 0.15) is 22.0 Å². The molecule has 2 aromatic rings. The molecular weight excluding hydrogens is 302 g/mol. The van der Waals surface area contributed by atoms with Crippen molar-refractivity contribution in [1.29, 1.82) is 0 Å². The summed E-state index contributed by atoms with van der Waals surface area (Å²) in [5.74, 6) is -0.407. The SMILES string of the molecule is CNC(=O)c1ccc(NCC(O)c2cnn(C)c2)c([N+](=O)[O-])c1. The molecule has 23 heavy (non-hydrogen) atoms. The molecule has 1 atom stereocenters. The van der Waals surface area contributed by atoms with Crippen LogP contribution in [-0.4, -0.2) is 39.3 Å². The van der Waals surface area contributed by atoms with Gasteiger partial charge in [-0.2, -0.15) is 5.10 Å². The summed E-state index contributed by atoms with van der Waals surface area (Å²) in [4.78, 5) is 22.1. The fourth-order valence-electron chi connectivity index (χ4n) is 2.05. The van der Waals surface area contributed by atoms with Gasteiger partial charge in [0.15, 0.2) is 0 Å². The minimum Gasteiger partial charge on any atom is -0.386 e. The summed E-state index contributed by atoms with van der Waals surface area (Å²) in [5.41, 5.74) is 0.789. The van der Waals surface area contributed by atoms with Crippen LogP contribution in [0.4, 0.5) is 11.4 Å². The van der Waals surface area contributed by atoms with Crippen LogP contribution in [0.15, 0.2) is 30.6 Å². The molecule has 0 spiro atoms. The molecule has 1 unspecified atom stereocenters. The van der Waals surface area contributed by atoms with E-state index in [0.717, 1.165) is 0 Å². The van der Waals surface area contributed by atoms with Gasteiger partial charge >= 0.3 is 0 Å². The number of aliphatic hydroxyl groups is 1. The molecule has 122 valence electrons. The molecule has 9 nitrogen and oxygen atoms in total. The van der Waals surface area contributed by atoms with Crippen molar-refractivity contribution in [3.05, 3.63) is 51.8 Å². The highest BCUT2D eigenvalue weighted by molar-refractivity contribution is 5.95. The number of nitrogens with zero attached hydrogens (tertiary/aromatic N) is 3. The van der Waals surface area contributed by atoms with Crippen LogP contribution in [0.5, 0.6) is 0 Å². The molecule has 1 aromatic carbocycles. The smallest absolute Gasteiger partial charge is 0.293 e. The summed E-state index contributed by atoms with van der Waals surface area (Å²) < 4.78 is 1.55. The number of nitro groups is 1. The second kappa shape index (κ2) is 6.88. The number of nitro benzene ring substituents is 1. The summed E-state index contributed by atoms with van der Waals surface area (Å²) in [7, 11) is 3.18. The molecule has 9 heteroatoms. The molecule has 0 saturated carbocycles. The van der Waals surface area contributed by atoms with E-state index in [1.165, 1.54) is 31.4 Å². The van der Waals surface area contributed by atoms with Gasteiger partial charge < -0.3 is 15.7 Å². The minimum atomic E-state index is -0.859. The maximum Gasteiger partial charge on any atom is 0.293 e. The Morgan fingerprint density at radius 2 is 2.26 bits per heavy atom. The second-order valence-corrected chi connectivity index (χ2v) is 4.91. The number of anilines is 1. The number of aliphatic hydroxyl groups excluding tert-OH is 1. The summed E-state index contributed by atoms with van der Waals surface area (Å²) in [6, 6.07) is 4.11. The average Bonchev–Trinajstić information content (AvgIpc) is 2.98. The lowest BCUT2D eigenvalue weighted by atomic mass is 10.1. The zero-order chi connectivity index (χ0) is 17.0. The molecule has 3 N–H and O–H groups in total. The molecule has 0 radical (unpaired) electrons. The Labute approximate surface area is 132 Å². The Hall–Kier alpha value is -2.94. The third kappa shape index (κ3) is 3.83. The van der Waals surface area contributed by atoms with E-state index in [9.17, 15) is 20.0 Å². The Balaban J connectivity index is 2.15. The standard InChI is InChI=1S/C14H17N5O4/c1-15-14(21)9-3-4-11(12(5-9)19(22)23)16-7-13(20)10-6-17-18(2)8-10/h3-6,8,13,16,20H,7H2,1-2H3,(H,15,21). The summed E-state index contributed by atoms with van der Waals surface area (Å²) in [5, 5.41) is 30.4. The average molecular weight is 319 g/mol. The lowest BCUT2D eigenvalue weighted by Gasteiger charge is -2.12. The maximum atomic E-state index is 11.5. The number of hydrogen-bond donors (Lipinski definition) is 3. The molecular formula is C14H17N5O4. The van der Waals surface area contributed by atoms with E-state index in [-0.39, 0.29) is 23.5 Å². The highest BCUT2D eigenvalue weighted by Gasteiger charge is 2.18. The van der Waals surface area contributed by atoms with Crippen molar-refractivity contribution in [2.75, 3.05) is 18.9 Å². The van der Waals surface area contributed by atoms with Gasteiger partial charge in [-0.25, -0.2) is 0 Å². The molecule has 2 rings (SSSR count). The van der Waals surface area contributed by atoms with Crippen molar-refractivity contribution >= 4 is 17.3 Å². The lowest BCUT2D eigenvalue weighted by Crippen LogP contribution is -2.18. The molecule has 0 aliphatic carbocycles. The minimum absolute atomic E-state index is 0.0753. The molecule has 0 aliphatic rings. The highest BCUT2D eigenvalue weighted by atomic mass is 16.6. The quantitative estimate of drug-likeness (QED) is 0.535. The van der Waals surface area contributed by atoms with Gasteiger partial charge in [0, 0.05) is 44.0 Å². The predicted octanol–water partition coefficient (Wildman–Crippen LogP) is 0.833. The van der Waals surface area contributed by atoms with Crippen molar-refractivity contribution in [2.45, 2.75) is 6.10 Å².